The molecule has 1 unspecified atom stereocenters. The second kappa shape index (κ2) is 6.93. The molecular weight excluding hydrogens is 320 g/mol. The van der Waals surface area contributed by atoms with Gasteiger partial charge in [-0.15, -0.1) is 0 Å². The molecule has 0 amide bonds. The van der Waals surface area contributed by atoms with Gasteiger partial charge in [0.1, 0.15) is 11.3 Å². The lowest BCUT2D eigenvalue weighted by atomic mass is 10.1. The fraction of sp³-hybridized carbons (Fsp3) is 0.438. The van der Waals surface area contributed by atoms with Crippen molar-refractivity contribution in [1.82, 2.24) is 0 Å². The molecule has 0 fully saturated rings. The fourth-order valence-corrected chi connectivity index (χ4v) is 2.89. The van der Waals surface area contributed by atoms with E-state index in [4.69, 9.17) is 9.15 Å². The van der Waals surface area contributed by atoms with Gasteiger partial charge in [-0.05, 0) is 43.4 Å². The number of alkyl halides is 1. The van der Waals surface area contributed by atoms with E-state index in [1.54, 1.807) is 6.07 Å². The van der Waals surface area contributed by atoms with Crippen LogP contribution in [0, 0.1) is 12.8 Å². The molecule has 0 aliphatic rings. The Hall–Kier alpha value is -1.29. The first-order chi connectivity index (χ1) is 9.60. The Balaban J connectivity index is 2.06. The van der Waals surface area contributed by atoms with Crippen LogP contribution in [0.2, 0.25) is 0 Å². The number of hydrogen-bond acceptors (Lipinski definition) is 3. The molecule has 1 aromatic carbocycles. The Labute approximate surface area is 127 Å². The smallest absolute Gasteiger partial charge is 0.336 e. The molecule has 0 spiro atoms. The lowest BCUT2D eigenvalue weighted by molar-refractivity contribution is 0.282. The lowest BCUT2D eigenvalue weighted by Crippen LogP contribution is -2.05. The standard InChI is InChI=1S/C16H19BrO3/c1-11(5-7-17)6-8-19-13-3-4-14-12(2)9-16(18)20-15(14)10-13/h3-4,9-11H,5-8H2,1-2H3. The Morgan fingerprint density at radius 2 is 2.10 bits per heavy atom. The molecule has 1 aromatic heterocycles. The minimum atomic E-state index is -0.321. The van der Waals surface area contributed by atoms with Crippen molar-refractivity contribution in [2.45, 2.75) is 26.7 Å². The van der Waals surface area contributed by atoms with Gasteiger partial charge < -0.3 is 9.15 Å². The van der Waals surface area contributed by atoms with Crippen molar-refractivity contribution in [2.24, 2.45) is 5.92 Å². The van der Waals surface area contributed by atoms with E-state index in [9.17, 15) is 4.79 Å². The number of hydrogen-bond donors (Lipinski definition) is 0. The van der Waals surface area contributed by atoms with Crippen molar-refractivity contribution in [1.29, 1.82) is 0 Å². The Morgan fingerprint density at radius 1 is 1.30 bits per heavy atom. The maximum atomic E-state index is 11.4. The number of halogens is 1. The predicted octanol–water partition coefficient (Wildman–Crippen LogP) is 4.29. The van der Waals surface area contributed by atoms with E-state index in [0.717, 1.165) is 34.9 Å². The average Bonchev–Trinajstić information content (AvgIpc) is 2.38. The Bertz CT molecular complexity index is 633. The van der Waals surface area contributed by atoms with Gasteiger partial charge in [0, 0.05) is 22.8 Å². The second-order valence-electron chi connectivity index (χ2n) is 5.13. The van der Waals surface area contributed by atoms with Crippen LogP contribution in [0.15, 0.2) is 33.5 Å². The molecule has 0 saturated carbocycles. The molecule has 20 heavy (non-hydrogen) atoms. The highest BCUT2D eigenvalue weighted by Gasteiger charge is 2.05. The van der Waals surface area contributed by atoms with Crippen LogP contribution >= 0.6 is 15.9 Å². The quantitative estimate of drug-likeness (QED) is 0.582. The maximum Gasteiger partial charge on any atom is 0.336 e. The van der Waals surface area contributed by atoms with Crippen LogP contribution in [-0.2, 0) is 0 Å². The zero-order valence-corrected chi connectivity index (χ0v) is 13.4. The number of aryl methyl sites for hydroxylation is 1. The lowest BCUT2D eigenvalue weighted by Gasteiger charge is -2.11. The molecule has 2 rings (SSSR count). The fourth-order valence-electron chi connectivity index (χ4n) is 2.10. The van der Waals surface area contributed by atoms with Crippen LogP contribution in [0.4, 0.5) is 0 Å². The SMILES string of the molecule is Cc1cc(=O)oc2cc(OCCC(C)CCBr)ccc12. The molecule has 3 nitrogen and oxygen atoms in total. The Morgan fingerprint density at radius 3 is 2.85 bits per heavy atom. The minimum Gasteiger partial charge on any atom is -0.493 e. The summed E-state index contributed by atoms with van der Waals surface area (Å²) in [5, 5.41) is 1.97. The van der Waals surface area contributed by atoms with E-state index < -0.39 is 0 Å². The molecule has 0 bridgehead atoms. The van der Waals surface area contributed by atoms with Gasteiger partial charge in [-0.2, -0.15) is 0 Å². The predicted molar refractivity (Wildman–Crippen MR) is 84.9 cm³/mol. The molecule has 108 valence electrons. The van der Waals surface area contributed by atoms with E-state index in [-0.39, 0.29) is 5.63 Å². The summed E-state index contributed by atoms with van der Waals surface area (Å²) in [4.78, 5) is 11.4. The van der Waals surface area contributed by atoms with Crippen LogP contribution in [-0.4, -0.2) is 11.9 Å². The van der Waals surface area contributed by atoms with Gasteiger partial charge in [-0.1, -0.05) is 22.9 Å². The van der Waals surface area contributed by atoms with Crippen LogP contribution in [0.3, 0.4) is 0 Å². The van der Waals surface area contributed by atoms with Crippen LogP contribution < -0.4 is 10.4 Å². The first-order valence-corrected chi connectivity index (χ1v) is 7.95. The molecule has 4 heteroatoms. The van der Waals surface area contributed by atoms with E-state index in [0.29, 0.717) is 18.1 Å². The van der Waals surface area contributed by atoms with E-state index >= 15 is 0 Å². The van der Waals surface area contributed by atoms with Gasteiger partial charge in [-0.25, -0.2) is 4.79 Å². The van der Waals surface area contributed by atoms with Gasteiger partial charge >= 0.3 is 5.63 Å². The van der Waals surface area contributed by atoms with E-state index in [1.807, 2.05) is 19.1 Å². The molecule has 0 aliphatic heterocycles. The second-order valence-corrected chi connectivity index (χ2v) is 5.92. The zero-order valence-electron chi connectivity index (χ0n) is 11.8. The van der Waals surface area contributed by atoms with Crippen molar-refractivity contribution in [2.75, 3.05) is 11.9 Å². The third-order valence-electron chi connectivity index (χ3n) is 3.40. The first kappa shape index (κ1) is 15.1. The minimum absolute atomic E-state index is 0.321. The molecule has 1 atom stereocenters. The van der Waals surface area contributed by atoms with Gasteiger partial charge in [0.05, 0.1) is 6.61 Å². The average molecular weight is 339 g/mol. The van der Waals surface area contributed by atoms with Crippen molar-refractivity contribution in [3.63, 3.8) is 0 Å². The number of benzene rings is 1. The summed E-state index contributed by atoms with van der Waals surface area (Å²) in [6.07, 6.45) is 2.16. The van der Waals surface area contributed by atoms with Crippen LogP contribution in [0.25, 0.3) is 11.0 Å². The first-order valence-electron chi connectivity index (χ1n) is 6.83. The highest BCUT2D eigenvalue weighted by molar-refractivity contribution is 9.09. The van der Waals surface area contributed by atoms with Crippen molar-refractivity contribution < 1.29 is 9.15 Å². The molecule has 0 aliphatic carbocycles. The normalized spacial score (nSPS) is 12.6. The number of ether oxygens (including phenoxy) is 1. The summed E-state index contributed by atoms with van der Waals surface area (Å²) in [7, 11) is 0. The summed E-state index contributed by atoms with van der Waals surface area (Å²) in [6, 6.07) is 7.15. The summed E-state index contributed by atoms with van der Waals surface area (Å²) < 4.78 is 10.9. The van der Waals surface area contributed by atoms with E-state index in [1.165, 1.54) is 6.07 Å². The van der Waals surface area contributed by atoms with Crippen molar-refractivity contribution in [3.8, 4) is 5.75 Å². The van der Waals surface area contributed by atoms with Crippen molar-refractivity contribution in [3.05, 3.63) is 40.2 Å². The highest BCUT2D eigenvalue weighted by atomic mass is 79.9. The molecule has 0 N–H and O–H groups in total. The monoisotopic (exact) mass is 338 g/mol. The third-order valence-corrected chi connectivity index (χ3v) is 3.86. The van der Waals surface area contributed by atoms with Crippen molar-refractivity contribution >= 4 is 26.9 Å². The molecule has 1 heterocycles. The summed E-state index contributed by atoms with van der Waals surface area (Å²) in [5.74, 6) is 1.38. The highest BCUT2D eigenvalue weighted by Crippen LogP contribution is 2.22. The van der Waals surface area contributed by atoms with Gasteiger partial charge in [-0.3, -0.25) is 0 Å². The largest absolute Gasteiger partial charge is 0.493 e. The summed E-state index contributed by atoms with van der Waals surface area (Å²) in [6.45, 7) is 4.80. The molecular formula is C16H19BrO3. The molecule has 0 saturated heterocycles. The topological polar surface area (TPSA) is 39.4 Å². The Kier molecular flexibility index (Phi) is 5.24. The zero-order chi connectivity index (χ0) is 14.5. The van der Waals surface area contributed by atoms with Gasteiger partial charge in [0.2, 0.25) is 0 Å². The van der Waals surface area contributed by atoms with Gasteiger partial charge in [0.25, 0.3) is 0 Å². The summed E-state index contributed by atoms with van der Waals surface area (Å²) in [5.41, 5.74) is 1.19. The van der Waals surface area contributed by atoms with Crippen LogP contribution in [0.1, 0.15) is 25.3 Å². The van der Waals surface area contributed by atoms with Gasteiger partial charge in [0.15, 0.2) is 0 Å². The van der Waals surface area contributed by atoms with Crippen LogP contribution in [0.5, 0.6) is 5.75 Å². The maximum absolute atomic E-state index is 11.4. The summed E-state index contributed by atoms with van der Waals surface area (Å²) >= 11 is 3.44. The number of rotatable bonds is 6. The number of fused-ring (bicyclic) bond motifs is 1. The molecule has 0 radical (unpaired) electrons. The van der Waals surface area contributed by atoms with E-state index in [2.05, 4.69) is 22.9 Å². The third kappa shape index (κ3) is 3.85. The molecule has 2 aromatic rings.